The van der Waals surface area contributed by atoms with Crippen LogP contribution in [0.1, 0.15) is 19.4 Å². The first kappa shape index (κ1) is 14.4. The van der Waals surface area contributed by atoms with Crippen LogP contribution in [0.15, 0.2) is 22.7 Å². The first-order valence-electron chi connectivity index (χ1n) is 5.40. The Kier molecular flexibility index (Phi) is 5.33. The molecule has 0 saturated carbocycles. The van der Waals surface area contributed by atoms with E-state index >= 15 is 0 Å². The number of anilines is 1. The highest BCUT2D eigenvalue weighted by Gasteiger charge is 2.18. The lowest BCUT2D eigenvalue weighted by Crippen LogP contribution is -2.29. The molecule has 0 aliphatic heterocycles. The minimum atomic E-state index is -1.11. The summed E-state index contributed by atoms with van der Waals surface area (Å²) in [5, 5.41) is 2.29. The van der Waals surface area contributed by atoms with Gasteiger partial charge in [0.1, 0.15) is 5.25 Å². The second-order valence-electron chi connectivity index (χ2n) is 3.76. The van der Waals surface area contributed by atoms with E-state index in [9.17, 15) is 9.00 Å². The second kappa shape index (κ2) is 6.31. The van der Waals surface area contributed by atoms with Gasteiger partial charge < -0.3 is 5.32 Å². The van der Waals surface area contributed by atoms with Gasteiger partial charge in [0.15, 0.2) is 0 Å². The van der Waals surface area contributed by atoms with Crippen LogP contribution in [-0.2, 0) is 15.6 Å². The van der Waals surface area contributed by atoms with E-state index < -0.39 is 16.0 Å². The summed E-state index contributed by atoms with van der Waals surface area (Å²) in [6, 6.07) is 5.58. The van der Waals surface area contributed by atoms with Gasteiger partial charge in [0, 0.05) is 26.7 Å². The highest BCUT2D eigenvalue weighted by molar-refractivity contribution is 9.10. The number of carbonyl (C=O) groups excluding carboxylic acids is 1. The third kappa shape index (κ3) is 3.92. The van der Waals surface area contributed by atoms with Gasteiger partial charge in [-0.1, -0.05) is 22.9 Å². The zero-order valence-electron chi connectivity index (χ0n) is 10.1. The molecule has 0 saturated heterocycles. The van der Waals surface area contributed by atoms with Gasteiger partial charge in [0.25, 0.3) is 0 Å². The van der Waals surface area contributed by atoms with Crippen LogP contribution in [0, 0.1) is 6.92 Å². The van der Waals surface area contributed by atoms with E-state index in [1.54, 1.807) is 6.92 Å². The monoisotopic (exact) mass is 317 g/mol. The summed E-state index contributed by atoms with van der Waals surface area (Å²) in [5.74, 6) is 0.292. The van der Waals surface area contributed by atoms with E-state index in [0.29, 0.717) is 5.75 Å². The summed E-state index contributed by atoms with van der Waals surface area (Å²) in [6.45, 7) is 5.44. The quantitative estimate of drug-likeness (QED) is 0.928. The highest BCUT2D eigenvalue weighted by Crippen LogP contribution is 2.20. The van der Waals surface area contributed by atoms with Crippen molar-refractivity contribution in [2.24, 2.45) is 0 Å². The Labute approximate surface area is 113 Å². The molecule has 1 aromatic rings. The molecule has 94 valence electrons. The van der Waals surface area contributed by atoms with E-state index in [1.807, 2.05) is 32.0 Å². The Hall–Kier alpha value is -0.680. The fourth-order valence-electron chi connectivity index (χ4n) is 1.34. The maximum Gasteiger partial charge on any atom is 0.239 e. The van der Waals surface area contributed by atoms with Crippen molar-refractivity contribution in [2.45, 2.75) is 26.0 Å². The molecule has 0 heterocycles. The zero-order chi connectivity index (χ0) is 13.0. The summed E-state index contributed by atoms with van der Waals surface area (Å²) in [5.41, 5.74) is 1.78. The third-order valence-electron chi connectivity index (χ3n) is 2.47. The number of amides is 1. The van der Waals surface area contributed by atoms with Crippen LogP contribution >= 0.6 is 15.9 Å². The van der Waals surface area contributed by atoms with Crippen LogP contribution in [0.5, 0.6) is 0 Å². The molecule has 0 fully saturated rings. The summed E-state index contributed by atoms with van der Waals surface area (Å²) < 4.78 is 12.5. The van der Waals surface area contributed by atoms with E-state index in [0.717, 1.165) is 15.7 Å². The number of carbonyl (C=O) groups is 1. The molecule has 17 heavy (non-hydrogen) atoms. The Morgan fingerprint density at radius 2 is 2.18 bits per heavy atom. The van der Waals surface area contributed by atoms with E-state index in [2.05, 4.69) is 21.2 Å². The predicted octanol–water partition coefficient (Wildman–Crippen LogP) is 2.85. The number of benzene rings is 1. The molecule has 0 radical (unpaired) electrons. The van der Waals surface area contributed by atoms with Gasteiger partial charge in [-0.25, -0.2) is 0 Å². The number of rotatable bonds is 4. The molecule has 0 bridgehead atoms. The van der Waals surface area contributed by atoms with Crippen LogP contribution in [-0.4, -0.2) is 21.1 Å². The van der Waals surface area contributed by atoms with Crippen molar-refractivity contribution in [3.63, 3.8) is 0 Å². The zero-order valence-corrected chi connectivity index (χ0v) is 12.5. The van der Waals surface area contributed by atoms with Crippen LogP contribution in [0.2, 0.25) is 0 Å². The molecule has 0 spiro atoms. The standard InChI is InChI=1S/C12H16BrNO2S/c1-4-17(16)9(3)12(15)14-10-5-6-11(13)8(2)7-10/h5-7,9H,4H2,1-3H3,(H,14,15)/t9-,17+/m0/s1. The van der Waals surface area contributed by atoms with Gasteiger partial charge in [0.2, 0.25) is 5.91 Å². The van der Waals surface area contributed by atoms with Gasteiger partial charge in [0.05, 0.1) is 0 Å². The maximum absolute atomic E-state index is 11.8. The Balaban J connectivity index is 2.74. The lowest BCUT2D eigenvalue weighted by atomic mass is 10.2. The van der Waals surface area contributed by atoms with Crippen molar-refractivity contribution in [1.82, 2.24) is 0 Å². The predicted molar refractivity (Wildman–Crippen MR) is 75.7 cm³/mol. The van der Waals surface area contributed by atoms with Gasteiger partial charge in [-0.2, -0.15) is 0 Å². The molecule has 2 atom stereocenters. The molecule has 1 N–H and O–H groups in total. The first-order chi connectivity index (χ1) is 7.95. The van der Waals surface area contributed by atoms with E-state index in [4.69, 9.17) is 0 Å². The van der Waals surface area contributed by atoms with Crippen LogP contribution in [0.25, 0.3) is 0 Å². The molecule has 0 aromatic heterocycles. The number of nitrogens with one attached hydrogen (secondary N) is 1. The molecule has 0 unspecified atom stereocenters. The van der Waals surface area contributed by atoms with Crippen LogP contribution < -0.4 is 5.32 Å². The molecular weight excluding hydrogens is 302 g/mol. The van der Waals surface area contributed by atoms with E-state index in [1.165, 1.54) is 0 Å². The van der Waals surface area contributed by atoms with E-state index in [-0.39, 0.29) is 5.91 Å². The molecular formula is C12H16BrNO2S. The largest absolute Gasteiger partial charge is 0.325 e. The average Bonchev–Trinajstić information content (AvgIpc) is 2.31. The number of halogens is 1. The summed E-state index contributed by atoms with van der Waals surface area (Å²) in [7, 11) is -1.11. The highest BCUT2D eigenvalue weighted by atomic mass is 79.9. The van der Waals surface area contributed by atoms with Crippen molar-refractivity contribution in [3.05, 3.63) is 28.2 Å². The smallest absolute Gasteiger partial charge is 0.239 e. The Morgan fingerprint density at radius 3 is 2.71 bits per heavy atom. The molecule has 1 rings (SSSR count). The molecule has 0 aliphatic rings. The lowest BCUT2D eigenvalue weighted by Gasteiger charge is -2.11. The third-order valence-corrected chi connectivity index (χ3v) is 4.94. The minimum Gasteiger partial charge on any atom is -0.325 e. The fourth-order valence-corrected chi connectivity index (χ4v) is 2.38. The molecule has 1 amide bonds. The normalized spacial score (nSPS) is 14.1. The average molecular weight is 318 g/mol. The number of hydrogen-bond acceptors (Lipinski definition) is 2. The molecule has 3 nitrogen and oxygen atoms in total. The van der Waals surface area contributed by atoms with Crippen LogP contribution in [0.4, 0.5) is 5.69 Å². The van der Waals surface area contributed by atoms with Crippen molar-refractivity contribution in [3.8, 4) is 0 Å². The van der Waals surface area contributed by atoms with Crippen molar-refractivity contribution in [2.75, 3.05) is 11.1 Å². The maximum atomic E-state index is 11.8. The first-order valence-corrected chi connectivity index (χ1v) is 7.57. The van der Waals surface area contributed by atoms with Gasteiger partial charge in [-0.3, -0.25) is 9.00 Å². The van der Waals surface area contributed by atoms with Crippen molar-refractivity contribution >= 4 is 38.3 Å². The molecule has 0 aliphatic carbocycles. The Morgan fingerprint density at radius 1 is 1.53 bits per heavy atom. The molecule has 5 heteroatoms. The Bertz CT molecular complexity index is 448. The van der Waals surface area contributed by atoms with Crippen molar-refractivity contribution < 1.29 is 9.00 Å². The SMILES string of the molecule is CC[S@@](=O)[C@@H](C)C(=O)Nc1ccc(Br)c(C)c1. The van der Waals surface area contributed by atoms with Crippen molar-refractivity contribution in [1.29, 1.82) is 0 Å². The topological polar surface area (TPSA) is 46.2 Å². The second-order valence-corrected chi connectivity index (χ2v) is 6.67. The summed E-state index contributed by atoms with van der Waals surface area (Å²) in [4.78, 5) is 11.8. The fraction of sp³-hybridized carbons (Fsp3) is 0.417. The van der Waals surface area contributed by atoms with Gasteiger partial charge in [-0.15, -0.1) is 0 Å². The van der Waals surface area contributed by atoms with Crippen LogP contribution in [0.3, 0.4) is 0 Å². The lowest BCUT2D eigenvalue weighted by molar-refractivity contribution is -0.115. The number of aryl methyl sites for hydroxylation is 1. The number of hydrogen-bond donors (Lipinski definition) is 1. The van der Waals surface area contributed by atoms with Gasteiger partial charge in [-0.05, 0) is 37.6 Å². The van der Waals surface area contributed by atoms with Gasteiger partial charge >= 0.3 is 0 Å². The summed E-state index contributed by atoms with van der Waals surface area (Å²) >= 11 is 3.40. The minimum absolute atomic E-state index is 0.202. The summed E-state index contributed by atoms with van der Waals surface area (Å²) in [6.07, 6.45) is 0. The molecule has 1 aromatic carbocycles.